The molecule has 0 aliphatic heterocycles. The largest absolute Gasteiger partial charge is 0.481 e. The van der Waals surface area contributed by atoms with E-state index >= 15 is 0 Å². The van der Waals surface area contributed by atoms with Crippen LogP contribution in [0.25, 0.3) is 21.5 Å². The minimum absolute atomic E-state index is 0.148. The van der Waals surface area contributed by atoms with Gasteiger partial charge >= 0.3 is 11.9 Å². The van der Waals surface area contributed by atoms with Crippen LogP contribution in [0.5, 0.6) is 11.5 Å². The highest BCUT2D eigenvalue weighted by Crippen LogP contribution is 2.49. The molecule has 4 bridgehead atoms. The summed E-state index contributed by atoms with van der Waals surface area (Å²) in [4.78, 5) is 25.3. The van der Waals surface area contributed by atoms with Gasteiger partial charge < -0.3 is 18.9 Å². The summed E-state index contributed by atoms with van der Waals surface area (Å²) in [5.41, 5.74) is 0. The van der Waals surface area contributed by atoms with Crippen LogP contribution in [0.1, 0.15) is 51.4 Å². The first kappa shape index (κ1) is 25.7. The summed E-state index contributed by atoms with van der Waals surface area (Å²) >= 11 is 0. The van der Waals surface area contributed by atoms with Gasteiger partial charge in [0.25, 0.3) is 0 Å². The second-order valence-electron chi connectivity index (χ2n) is 12.6. The Hall–Kier alpha value is -3.28. The van der Waals surface area contributed by atoms with E-state index in [1.54, 1.807) is 0 Å². The van der Waals surface area contributed by atoms with Crippen molar-refractivity contribution in [3.8, 4) is 11.5 Å². The summed E-state index contributed by atoms with van der Waals surface area (Å²) in [5, 5.41) is 3.31. The molecule has 4 aliphatic rings. The Morgan fingerprint density at radius 1 is 0.575 bits per heavy atom. The highest BCUT2D eigenvalue weighted by molar-refractivity contribution is 6.11. The molecule has 0 heterocycles. The number of benzene rings is 3. The summed E-state index contributed by atoms with van der Waals surface area (Å²) in [6.07, 6.45) is 10.2. The normalized spacial score (nSPS) is 28.3. The summed E-state index contributed by atoms with van der Waals surface area (Å²) < 4.78 is 23.6. The van der Waals surface area contributed by atoms with Crippen molar-refractivity contribution in [1.82, 2.24) is 0 Å². The maximum Gasteiger partial charge on any atom is 0.344 e. The highest BCUT2D eigenvalue weighted by Gasteiger charge is 2.40. The van der Waals surface area contributed by atoms with Crippen LogP contribution in [0.2, 0.25) is 0 Å². The van der Waals surface area contributed by atoms with E-state index in [9.17, 15) is 9.59 Å². The molecule has 210 valence electrons. The third-order valence-electron chi connectivity index (χ3n) is 10.2. The zero-order valence-corrected chi connectivity index (χ0v) is 23.0. The molecule has 4 saturated carbocycles. The van der Waals surface area contributed by atoms with Gasteiger partial charge in [0.1, 0.15) is 11.5 Å². The molecule has 6 atom stereocenters. The number of carbonyl (C=O) groups is 2. The van der Waals surface area contributed by atoms with Crippen molar-refractivity contribution in [2.75, 3.05) is 26.4 Å². The molecule has 4 aliphatic carbocycles. The van der Waals surface area contributed by atoms with Crippen molar-refractivity contribution < 1.29 is 28.5 Å². The van der Waals surface area contributed by atoms with Gasteiger partial charge in [-0.05, 0) is 74.0 Å². The average Bonchev–Trinajstić information content (AvgIpc) is 3.80. The lowest BCUT2D eigenvalue weighted by Crippen LogP contribution is -2.23. The Balaban J connectivity index is 1.04. The second-order valence-corrected chi connectivity index (χ2v) is 12.6. The van der Waals surface area contributed by atoms with Crippen LogP contribution in [0.3, 0.4) is 0 Å². The fraction of sp³-hybridized carbons (Fsp3) is 0.529. The summed E-state index contributed by atoms with van der Waals surface area (Å²) in [7, 11) is 0. The van der Waals surface area contributed by atoms with E-state index in [1.807, 2.05) is 48.5 Å². The van der Waals surface area contributed by atoms with Gasteiger partial charge in [0.15, 0.2) is 13.2 Å². The van der Waals surface area contributed by atoms with Crippen molar-refractivity contribution >= 4 is 33.5 Å². The first-order chi connectivity index (χ1) is 19.6. The Bertz CT molecular complexity index is 1250. The number of hydrogen-bond donors (Lipinski definition) is 0. The van der Waals surface area contributed by atoms with E-state index in [0.717, 1.165) is 33.4 Å². The number of esters is 2. The van der Waals surface area contributed by atoms with Gasteiger partial charge in [0.2, 0.25) is 0 Å². The molecule has 0 spiro atoms. The molecular formula is C34H38O6. The van der Waals surface area contributed by atoms with Gasteiger partial charge in [-0.15, -0.1) is 0 Å². The van der Waals surface area contributed by atoms with Gasteiger partial charge in [-0.3, -0.25) is 0 Å². The van der Waals surface area contributed by atoms with Gasteiger partial charge in [0, 0.05) is 21.5 Å². The molecule has 3 aromatic rings. The van der Waals surface area contributed by atoms with Crippen molar-refractivity contribution in [2.45, 2.75) is 51.4 Å². The van der Waals surface area contributed by atoms with E-state index in [2.05, 4.69) is 0 Å². The number of rotatable bonds is 10. The molecule has 0 radical (unpaired) electrons. The van der Waals surface area contributed by atoms with Crippen LogP contribution >= 0.6 is 0 Å². The van der Waals surface area contributed by atoms with Crippen molar-refractivity contribution in [1.29, 1.82) is 0 Å². The molecule has 6 unspecified atom stereocenters. The topological polar surface area (TPSA) is 71.1 Å². The molecule has 0 amide bonds. The smallest absolute Gasteiger partial charge is 0.344 e. The van der Waals surface area contributed by atoms with Crippen LogP contribution in [-0.4, -0.2) is 38.4 Å². The summed E-state index contributed by atoms with van der Waals surface area (Å²) in [6, 6.07) is 15.6. The molecule has 6 heteroatoms. The van der Waals surface area contributed by atoms with Crippen LogP contribution in [-0.2, 0) is 19.1 Å². The van der Waals surface area contributed by atoms with Crippen molar-refractivity contribution in [3.05, 3.63) is 48.5 Å². The predicted octanol–water partition coefficient (Wildman–Crippen LogP) is 6.71. The molecule has 0 saturated heterocycles. The van der Waals surface area contributed by atoms with Gasteiger partial charge in [-0.1, -0.05) is 61.4 Å². The van der Waals surface area contributed by atoms with E-state index in [0.29, 0.717) is 48.4 Å². The second kappa shape index (κ2) is 10.9. The predicted molar refractivity (Wildman–Crippen MR) is 152 cm³/mol. The van der Waals surface area contributed by atoms with Crippen molar-refractivity contribution in [2.24, 2.45) is 35.5 Å². The Morgan fingerprint density at radius 2 is 0.975 bits per heavy atom. The first-order valence-corrected chi connectivity index (χ1v) is 15.1. The lowest BCUT2D eigenvalue weighted by molar-refractivity contribution is -0.148. The number of fused-ring (bicyclic) bond motifs is 6. The van der Waals surface area contributed by atoms with Gasteiger partial charge in [-0.25, -0.2) is 9.59 Å². The molecular weight excluding hydrogens is 504 g/mol. The third-order valence-corrected chi connectivity index (χ3v) is 10.2. The zero-order chi connectivity index (χ0) is 27.1. The maximum atomic E-state index is 12.7. The fourth-order valence-electron chi connectivity index (χ4n) is 8.27. The minimum Gasteiger partial charge on any atom is -0.481 e. The lowest BCUT2D eigenvalue weighted by atomic mass is 9.90. The average molecular weight is 543 g/mol. The van der Waals surface area contributed by atoms with E-state index in [4.69, 9.17) is 18.9 Å². The summed E-state index contributed by atoms with van der Waals surface area (Å²) in [6.45, 7) is 0.695. The standard InChI is InChI=1S/C34H38O6/c35-31(37-17-25-15-21-9-11-23(25)13-21)19-39-33-27-5-1-2-6-28(27)34(30-8-4-3-7-29(30)33)40-20-32(36)38-18-26-16-22-10-12-24(26)14-22/h1-8,21-26H,9-20H2. The fourth-order valence-corrected chi connectivity index (χ4v) is 8.27. The van der Waals surface area contributed by atoms with Crippen molar-refractivity contribution in [3.63, 3.8) is 0 Å². The van der Waals surface area contributed by atoms with Crippen LogP contribution in [0.4, 0.5) is 0 Å². The molecule has 0 N–H and O–H groups in total. The first-order valence-electron chi connectivity index (χ1n) is 15.1. The van der Waals surface area contributed by atoms with Crippen LogP contribution in [0, 0.1) is 35.5 Å². The van der Waals surface area contributed by atoms with Crippen LogP contribution < -0.4 is 9.47 Å². The highest BCUT2D eigenvalue weighted by atomic mass is 16.6. The van der Waals surface area contributed by atoms with Gasteiger partial charge in [-0.2, -0.15) is 0 Å². The maximum absolute atomic E-state index is 12.7. The van der Waals surface area contributed by atoms with E-state index in [1.165, 1.54) is 51.4 Å². The Morgan fingerprint density at radius 3 is 1.30 bits per heavy atom. The number of ether oxygens (including phenoxy) is 4. The van der Waals surface area contributed by atoms with Crippen LogP contribution in [0.15, 0.2) is 48.5 Å². The van der Waals surface area contributed by atoms with Gasteiger partial charge in [0.05, 0.1) is 13.2 Å². The molecule has 0 aromatic heterocycles. The Kier molecular flexibility index (Phi) is 7.03. The molecule has 4 fully saturated rings. The zero-order valence-electron chi connectivity index (χ0n) is 23.0. The molecule has 3 aromatic carbocycles. The number of carbonyl (C=O) groups excluding carboxylic acids is 2. The Labute approximate surface area is 235 Å². The quantitative estimate of drug-likeness (QED) is 0.210. The SMILES string of the molecule is O=C(COc1c2ccccc2c(OCC(=O)OCC2CC3CCC2C3)c2ccccc12)OCC1CC2CCC1C2. The molecule has 40 heavy (non-hydrogen) atoms. The number of hydrogen-bond acceptors (Lipinski definition) is 6. The monoisotopic (exact) mass is 542 g/mol. The third kappa shape index (κ3) is 5.02. The molecule has 6 nitrogen and oxygen atoms in total. The minimum atomic E-state index is -0.338. The lowest BCUT2D eigenvalue weighted by Gasteiger charge is -2.22. The van der Waals surface area contributed by atoms with E-state index in [-0.39, 0.29) is 25.2 Å². The van der Waals surface area contributed by atoms with E-state index < -0.39 is 0 Å². The molecule has 7 rings (SSSR count). The summed E-state index contributed by atoms with van der Waals surface area (Å²) in [5.74, 6) is 4.65.